The van der Waals surface area contributed by atoms with Crippen LogP contribution in [0.2, 0.25) is 0 Å². The van der Waals surface area contributed by atoms with Crippen molar-refractivity contribution in [3.05, 3.63) is 29.8 Å². The molecule has 18 heavy (non-hydrogen) atoms. The monoisotopic (exact) mass is 311 g/mol. The molecule has 3 nitrogen and oxygen atoms in total. The van der Waals surface area contributed by atoms with Crippen molar-refractivity contribution >= 4 is 21.8 Å². The second-order valence-corrected chi connectivity index (χ2v) is 5.72. The Kier molecular flexibility index (Phi) is 4.64. The maximum atomic E-state index is 12.2. The van der Waals surface area contributed by atoms with Crippen molar-refractivity contribution in [3.63, 3.8) is 0 Å². The van der Waals surface area contributed by atoms with E-state index < -0.39 is 0 Å². The molecular weight excluding hydrogens is 294 g/mol. The van der Waals surface area contributed by atoms with Crippen LogP contribution in [-0.4, -0.2) is 35.3 Å². The molecule has 1 fully saturated rings. The molecule has 1 aliphatic heterocycles. The van der Waals surface area contributed by atoms with Gasteiger partial charge in [-0.3, -0.25) is 4.79 Å². The van der Waals surface area contributed by atoms with Gasteiger partial charge in [-0.2, -0.15) is 0 Å². The number of amides is 1. The molecule has 2 rings (SSSR count). The van der Waals surface area contributed by atoms with Crippen LogP contribution in [0.5, 0.6) is 5.75 Å². The molecule has 1 aromatic carbocycles. The normalized spacial score (nSPS) is 16.7. The highest BCUT2D eigenvalue weighted by Crippen LogP contribution is 2.20. The number of carbonyl (C=O) groups is 1. The van der Waals surface area contributed by atoms with Gasteiger partial charge in [-0.15, -0.1) is 0 Å². The predicted octanol–water partition coefficient (Wildman–Crippen LogP) is 3.08. The number of rotatable bonds is 3. The van der Waals surface area contributed by atoms with Gasteiger partial charge in [-0.05, 0) is 44.0 Å². The number of hydrogen-bond acceptors (Lipinski definition) is 2. The first kappa shape index (κ1) is 13.4. The summed E-state index contributed by atoms with van der Waals surface area (Å²) < 4.78 is 5.37. The molecule has 1 aromatic rings. The lowest BCUT2D eigenvalue weighted by atomic mass is 10.1. The van der Waals surface area contributed by atoms with Crippen LogP contribution in [0.15, 0.2) is 24.3 Å². The highest BCUT2D eigenvalue weighted by atomic mass is 79.9. The molecule has 0 bridgehead atoms. The van der Waals surface area contributed by atoms with Crippen molar-refractivity contribution in [3.8, 4) is 5.75 Å². The van der Waals surface area contributed by atoms with Gasteiger partial charge in [0.2, 0.25) is 0 Å². The molecule has 0 radical (unpaired) electrons. The zero-order chi connectivity index (χ0) is 13.0. The summed E-state index contributed by atoms with van der Waals surface area (Å²) in [6, 6.07) is 7.39. The zero-order valence-corrected chi connectivity index (χ0v) is 12.1. The molecule has 0 aliphatic carbocycles. The minimum absolute atomic E-state index is 0.123. The molecular formula is C14H18BrNO2. The van der Waals surface area contributed by atoms with Gasteiger partial charge in [-0.1, -0.05) is 15.9 Å². The molecule has 1 heterocycles. The molecule has 0 unspecified atom stereocenters. The van der Waals surface area contributed by atoms with Crippen LogP contribution in [0.3, 0.4) is 0 Å². The molecule has 0 atom stereocenters. The Morgan fingerprint density at radius 3 is 2.50 bits per heavy atom. The zero-order valence-electron chi connectivity index (χ0n) is 10.6. The van der Waals surface area contributed by atoms with Gasteiger partial charge in [0.15, 0.2) is 0 Å². The van der Waals surface area contributed by atoms with Gasteiger partial charge >= 0.3 is 0 Å². The van der Waals surface area contributed by atoms with Crippen LogP contribution in [0, 0.1) is 0 Å². The fraction of sp³-hybridized carbons (Fsp3) is 0.500. The number of piperidine rings is 1. The number of alkyl halides is 1. The minimum atomic E-state index is 0.123. The quantitative estimate of drug-likeness (QED) is 0.803. The largest absolute Gasteiger partial charge is 0.494 e. The van der Waals surface area contributed by atoms with Gasteiger partial charge < -0.3 is 9.64 Å². The lowest BCUT2D eigenvalue weighted by molar-refractivity contribution is 0.0728. The lowest BCUT2D eigenvalue weighted by Gasteiger charge is -2.29. The van der Waals surface area contributed by atoms with Gasteiger partial charge in [0.1, 0.15) is 5.75 Å². The summed E-state index contributed by atoms with van der Waals surface area (Å²) in [5, 5.41) is 0. The van der Waals surface area contributed by atoms with Gasteiger partial charge in [-0.25, -0.2) is 0 Å². The Morgan fingerprint density at radius 2 is 1.94 bits per heavy atom. The summed E-state index contributed by atoms with van der Waals surface area (Å²) in [7, 11) is 0. The highest BCUT2D eigenvalue weighted by Gasteiger charge is 2.21. The molecule has 1 aliphatic rings. The van der Waals surface area contributed by atoms with Crippen LogP contribution in [0.4, 0.5) is 0 Å². The van der Waals surface area contributed by atoms with Crippen LogP contribution in [0.25, 0.3) is 0 Å². The number of hydrogen-bond donors (Lipinski definition) is 0. The number of carbonyl (C=O) groups excluding carboxylic acids is 1. The Bertz CT molecular complexity index is 397. The van der Waals surface area contributed by atoms with Crippen molar-refractivity contribution in [1.29, 1.82) is 0 Å². The summed E-state index contributed by atoms with van der Waals surface area (Å²) >= 11 is 3.59. The highest BCUT2D eigenvalue weighted by molar-refractivity contribution is 9.09. The van der Waals surface area contributed by atoms with E-state index in [1.807, 2.05) is 36.1 Å². The summed E-state index contributed by atoms with van der Waals surface area (Å²) in [6.07, 6.45) is 2.06. The van der Waals surface area contributed by atoms with Gasteiger partial charge in [0.25, 0.3) is 5.91 Å². The fourth-order valence-corrected chi connectivity index (χ4v) is 2.50. The second-order valence-electron chi connectivity index (χ2n) is 4.42. The molecule has 0 N–H and O–H groups in total. The molecule has 4 heteroatoms. The number of ether oxygens (including phenoxy) is 1. The Morgan fingerprint density at radius 1 is 1.33 bits per heavy atom. The van der Waals surface area contributed by atoms with E-state index in [0.29, 0.717) is 11.4 Å². The molecule has 98 valence electrons. The standard InChI is InChI=1S/C14H18BrNO2/c1-2-18-13-5-3-11(4-6-13)14(17)16-9-7-12(15)8-10-16/h3-6,12H,2,7-10H2,1H3. The minimum Gasteiger partial charge on any atom is -0.494 e. The van der Waals surface area contributed by atoms with Crippen LogP contribution < -0.4 is 4.74 Å². The van der Waals surface area contributed by atoms with E-state index in [-0.39, 0.29) is 5.91 Å². The van der Waals surface area contributed by atoms with E-state index in [4.69, 9.17) is 4.74 Å². The smallest absolute Gasteiger partial charge is 0.253 e. The van der Waals surface area contributed by atoms with Gasteiger partial charge in [0.05, 0.1) is 6.61 Å². The third-order valence-corrected chi connectivity index (χ3v) is 4.04. The van der Waals surface area contributed by atoms with Crippen LogP contribution in [0.1, 0.15) is 30.1 Å². The van der Waals surface area contributed by atoms with E-state index in [9.17, 15) is 4.79 Å². The third-order valence-electron chi connectivity index (χ3n) is 3.12. The van der Waals surface area contributed by atoms with Crippen molar-refractivity contribution in [2.75, 3.05) is 19.7 Å². The lowest BCUT2D eigenvalue weighted by Crippen LogP contribution is -2.38. The number of likely N-dealkylation sites (tertiary alicyclic amines) is 1. The number of halogens is 1. The molecule has 0 aromatic heterocycles. The number of benzene rings is 1. The maximum Gasteiger partial charge on any atom is 0.253 e. The average Bonchev–Trinajstić information content (AvgIpc) is 2.40. The fourth-order valence-electron chi connectivity index (χ4n) is 2.09. The Hall–Kier alpha value is -1.03. The molecule has 0 saturated carbocycles. The first-order chi connectivity index (χ1) is 8.70. The van der Waals surface area contributed by atoms with E-state index in [0.717, 1.165) is 37.2 Å². The summed E-state index contributed by atoms with van der Waals surface area (Å²) in [4.78, 5) is 14.7. The predicted molar refractivity (Wildman–Crippen MR) is 75.5 cm³/mol. The Labute approximate surface area is 116 Å². The first-order valence-corrected chi connectivity index (χ1v) is 7.28. The Balaban J connectivity index is 2.00. The second kappa shape index (κ2) is 6.23. The van der Waals surface area contributed by atoms with E-state index >= 15 is 0 Å². The van der Waals surface area contributed by atoms with Crippen LogP contribution in [-0.2, 0) is 0 Å². The summed E-state index contributed by atoms with van der Waals surface area (Å²) in [5.41, 5.74) is 0.742. The molecule has 1 saturated heterocycles. The van der Waals surface area contributed by atoms with E-state index in [2.05, 4.69) is 15.9 Å². The van der Waals surface area contributed by atoms with Crippen molar-refractivity contribution in [2.45, 2.75) is 24.6 Å². The number of nitrogens with zero attached hydrogens (tertiary/aromatic N) is 1. The van der Waals surface area contributed by atoms with E-state index in [1.165, 1.54) is 0 Å². The SMILES string of the molecule is CCOc1ccc(C(=O)N2CCC(Br)CC2)cc1. The van der Waals surface area contributed by atoms with Crippen molar-refractivity contribution in [2.24, 2.45) is 0 Å². The van der Waals surface area contributed by atoms with Crippen LogP contribution >= 0.6 is 15.9 Å². The average molecular weight is 312 g/mol. The van der Waals surface area contributed by atoms with Crippen molar-refractivity contribution < 1.29 is 9.53 Å². The summed E-state index contributed by atoms with van der Waals surface area (Å²) in [6.45, 7) is 4.26. The first-order valence-electron chi connectivity index (χ1n) is 6.37. The molecule has 0 spiro atoms. The summed E-state index contributed by atoms with van der Waals surface area (Å²) in [5.74, 6) is 0.936. The topological polar surface area (TPSA) is 29.5 Å². The molecule has 1 amide bonds. The maximum absolute atomic E-state index is 12.2. The van der Waals surface area contributed by atoms with Gasteiger partial charge in [0, 0.05) is 23.5 Å². The third kappa shape index (κ3) is 3.25. The van der Waals surface area contributed by atoms with E-state index in [1.54, 1.807) is 0 Å². The van der Waals surface area contributed by atoms with Crippen molar-refractivity contribution in [1.82, 2.24) is 4.90 Å².